The molecule has 1 atom stereocenters. The van der Waals surface area contributed by atoms with Crippen LogP contribution in [0.1, 0.15) is 18.9 Å². The average Bonchev–Trinajstić information content (AvgIpc) is 2.63. The van der Waals surface area contributed by atoms with E-state index < -0.39 is 7.12 Å². The maximum atomic E-state index is 9.29. The first-order valence-electron chi connectivity index (χ1n) is 6.97. The fourth-order valence-electron chi connectivity index (χ4n) is 2.55. The van der Waals surface area contributed by atoms with Crippen LogP contribution in [-0.4, -0.2) is 55.0 Å². The van der Waals surface area contributed by atoms with Gasteiger partial charge >= 0.3 is 7.12 Å². The summed E-state index contributed by atoms with van der Waals surface area (Å²) in [4.78, 5) is 2.31. The molecule has 1 aliphatic heterocycles. The van der Waals surface area contributed by atoms with E-state index in [1.54, 1.807) is 25.3 Å². The summed E-state index contributed by atoms with van der Waals surface area (Å²) in [6, 6.07) is 5.24. The topological polar surface area (TPSA) is 62.2 Å². The summed E-state index contributed by atoms with van der Waals surface area (Å²) < 4.78 is 11.0. The summed E-state index contributed by atoms with van der Waals surface area (Å²) in [5, 5.41) is 18.6. The zero-order valence-electron chi connectivity index (χ0n) is 12.1. The van der Waals surface area contributed by atoms with Crippen LogP contribution in [0.3, 0.4) is 0 Å². The highest BCUT2D eigenvalue weighted by Crippen LogP contribution is 2.20. The fourth-order valence-corrected chi connectivity index (χ4v) is 2.55. The molecule has 0 aliphatic carbocycles. The monoisotopic (exact) mass is 279 g/mol. The minimum atomic E-state index is -1.45. The average molecular weight is 279 g/mol. The minimum Gasteiger partial charge on any atom is -0.496 e. The lowest BCUT2D eigenvalue weighted by Crippen LogP contribution is -2.32. The molecule has 0 radical (unpaired) electrons. The molecule has 1 unspecified atom stereocenters. The highest BCUT2D eigenvalue weighted by molar-refractivity contribution is 6.58. The molecule has 2 N–H and O–H groups in total. The van der Waals surface area contributed by atoms with Gasteiger partial charge in [0.25, 0.3) is 0 Å². The third kappa shape index (κ3) is 3.96. The largest absolute Gasteiger partial charge is 0.496 e. The first kappa shape index (κ1) is 15.3. The fraction of sp³-hybridized carbons (Fsp3) is 0.571. The molecule has 1 aliphatic rings. The van der Waals surface area contributed by atoms with Gasteiger partial charge in [-0.15, -0.1) is 0 Å². The van der Waals surface area contributed by atoms with Crippen molar-refractivity contribution in [2.45, 2.75) is 26.0 Å². The summed E-state index contributed by atoms with van der Waals surface area (Å²) in [6.07, 6.45) is 1.23. The molecule has 1 heterocycles. The lowest BCUT2D eigenvalue weighted by atomic mass is 9.79. The molecular formula is C14H22BNO4. The van der Waals surface area contributed by atoms with E-state index in [4.69, 9.17) is 9.47 Å². The molecule has 0 bridgehead atoms. The Morgan fingerprint density at radius 1 is 1.45 bits per heavy atom. The van der Waals surface area contributed by atoms with E-state index in [0.29, 0.717) is 5.46 Å². The van der Waals surface area contributed by atoms with Crippen molar-refractivity contribution in [3.8, 4) is 5.75 Å². The maximum Gasteiger partial charge on any atom is 0.488 e. The Morgan fingerprint density at radius 3 is 2.95 bits per heavy atom. The van der Waals surface area contributed by atoms with Crippen LogP contribution in [0.5, 0.6) is 5.75 Å². The second-order valence-electron chi connectivity index (χ2n) is 5.22. The Hall–Kier alpha value is -1.08. The molecule has 0 saturated carbocycles. The van der Waals surface area contributed by atoms with Gasteiger partial charge < -0.3 is 19.5 Å². The molecule has 110 valence electrons. The number of nitrogens with zero attached hydrogens (tertiary/aromatic N) is 1. The van der Waals surface area contributed by atoms with Gasteiger partial charge in [0.1, 0.15) is 5.75 Å². The van der Waals surface area contributed by atoms with E-state index in [9.17, 15) is 10.0 Å². The smallest absolute Gasteiger partial charge is 0.488 e. The third-order valence-corrected chi connectivity index (χ3v) is 3.53. The SMILES string of the molecule is COc1ccc(B(O)O)cc1CN1CCCOC(C)C1. The van der Waals surface area contributed by atoms with Gasteiger partial charge in [0.05, 0.1) is 13.2 Å². The van der Waals surface area contributed by atoms with Crippen LogP contribution < -0.4 is 10.2 Å². The predicted molar refractivity (Wildman–Crippen MR) is 78.1 cm³/mol. The van der Waals surface area contributed by atoms with Crippen molar-refractivity contribution < 1.29 is 19.5 Å². The van der Waals surface area contributed by atoms with E-state index in [1.165, 1.54) is 0 Å². The van der Waals surface area contributed by atoms with Crippen LogP contribution in [0.2, 0.25) is 0 Å². The van der Waals surface area contributed by atoms with Crippen molar-refractivity contribution in [2.75, 3.05) is 26.8 Å². The quantitative estimate of drug-likeness (QED) is 0.759. The third-order valence-electron chi connectivity index (χ3n) is 3.53. The summed E-state index contributed by atoms with van der Waals surface area (Å²) in [5.74, 6) is 0.771. The van der Waals surface area contributed by atoms with Crippen LogP contribution >= 0.6 is 0 Å². The minimum absolute atomic E-state index is 0.218. The number of ether oxygens (including phenoxy) is 2. The molecular weight excluding hydrogens is 257 g/mol. The first-order valence-corrected chi connectivity index (χ1v) is 6.97. The van der Waals surface area contributed by atoms with Crippen molar-refractivity contribution in [1.29, 1.82) is 0 Å². The van der Waals surface area contributed by atoms with Gasteiger partial charge in [-0.3, -0.25) is 4.90 Å². The van der Waals surface area contributed by atoms with Gasteiger partial charge in [-0.25, -0.2) is 0 Å². The lowest BCUT2D eigenvalue weighted by Gasteiger charge is -2.23. The summed E-state index contributed by atoms with van der Waals surface area (Å²) in [6.45, 7) is 5.43. The second-order valence-corrected chi connectivity index (χ2v) is 5.22. The maximum absolute atomic E-state index is 9.29. The number of methoxy groups -OCH3 is 1. The number of hydrogen-bond donors (Lipinski definition) is 2. The predicted octanol–water partition coefficient (Wildman–Crippen LogP) is -0.0142. The number of benzene rings is 1. The van der Waals surface area contributed by atoms with Crippen molar-refractivity contribution >= 4 is 12.6 Å². The molecule has 5 nitrogen and oxygen atoms in total. The van der Waals surface area contributed by atoms with E-state index in [-0.39, 0.29) is 6.10 Å². The Morgan fingerprint density at radius 2 is 2.25 bits per heavy atom. The molecule has 0 aromatic heterocycles. The molecule has 1 saturated heterocycles. The Balaban J connectivity index is 2.15. The molecule has 1 aromatic rings. The van der Waals surface area contributed by atoms with Crippen molar-refractivity contribution in [3.63, 3.8) is 0 Å². The van der Waals surface area contributed by atoms with Gasteiger partial charge in [0.15, 0.2) is 0 Å². The zero-order chi connectivity index (χ0) is 14.5. The highest BCUT2D eigenvalue weighted by Gasteiger charge is 2.19. The Labute approximate surface area is 120 Å². The van der Waals surface area contributed by atoms with Gasteiger partial charge in [-0.05, 0) is 24.9 Å². The Bertz CT molecular complexity index is 441. The molecule has 2 rings (SSSR count). The zero-order valence-corrected chi connectivity index (χ0v) is 12.1. The van der Waals surface area contributed by atoms with Crippen LogP contribution in [0.4, 0.5) is 0 Å². The molecule has 1 aromatic carbocycles. The van der Waals surface area contributed by atoms with Crippen molar-refractivity contribution in [2.24, 2.45) is 0 Å². The van der Waals surface area contributed by atoms with Crippen LogP contribution in [0, 0.1) is 0 Å². The van der Waals surface area contributed by atoms with E-state index in [1.807, 2.05) is 0 Å². The molecule has 0 spiro atoms. The Kier molecular flexibility index (Phi) is 5.42. The summed E-state index contributed by atoms with van der Waals surface area (Å²) in [5.41, 5.74) is 1.45. The van der Waals surface area contributed by atoms with Crippen LogP contribution in [0.15, 0.2) is 18.2 Å². The van der Waals surface area contributed by atoms with E-state index in [0.717, 1.165) is 44.0 Å². The molecule has 1 fully saturated rings. The summed E-state index contributed by atoms with van der Waals surface area (Å²) in [7, 11) is 0.174. The highest BCUT2D eigenvalue weighted by atomic mass is 16.5. The van der Waals surface area contributed by atoms with Gasteiger partial charge in [0, 0.05) is 31.8 Å². The number of rotatable bonds is 4. The van der Waals surface area contributed by atoms with Gasteiger partial charge in [-0.1, -0.05) is 12.1 Å². The number of hydrogen-bond acceptors (Lipinski definition) is 5. The standard InChI is InChI=1S/C14H22BNO4/c1-11-9-16(6-3-7-20-11)10-12-8-13(15(17)18)4-5-14(12)19-2/h4-5,8,11,17-18H,3,6-7,9-10H2,1-2H3. The van der Waals surface area contributed by atoms with Crippen molar-refractivity contribution in [1.82, 2.24) is 4.90 Å². The first-order chi connectivity index (χ1) is 9.60. The second kappa shape index (κ2) is 7.08. The van der Waals surface area contributed by atoms with Gasteiger partial charge in [0.2, 0.25) is 0 Å². The lowest BCUT2D eigenvalue weighted by molar-refractivity contribution is 0.0667. The molecule has 6 heteroatoms. The van der Waals surface area contributed by atoms with Gasteiger partial charge in [-0.2, -0.15) is 0 Å². The van der Waals surface area contributed by atoms with E-state index >= 15 is 0 Å². The normalized spacial score (nSPS) is 20.5. The molecule has 20 heavy (non-hydrogen) atoms. The van der Waals surface area contributed by atoms with Crippen molar-refractivity contribution in [3.05, 3.63) is 23.8 Å². The van der Waals surface area contributed by atoms with E-state index in [2.05, 4.69) is 11.8 Å². The van der Waals surface area contributed by atoms with Crippen LogP contribution in [-0.2, 0) is 11.3 Å². The van der Waals surface area contributed by atoms with Crippen LogP contribution in [0.25, 0.3) is 0 Å². The molecule has 0 amide bonds. The summed E-state index contributed by atoms with van der Waals surface area (Å²) >= 11 is 0.